The summed E-state index contributed by atoms with van der Waals surface area (Å²) in [5, 5.41) is 13.1. The Labute approximate surface area is 227 Å². The minimum Gasteiger partial charge on any atom is -0.490 e. The minimum atomic E-state index is -0.706. The Balaban J connectivity index is 1.28. The van der Waals surface area contributed by atoms with Crippen molar-refractivity contribution in [2.75, 3.05) is 24.6 Å². The van der Waals surface area contributed by atoms with Crippen LogP contribution in [0.4, 0.5) is 5.69 Å². The molecule has 5 rings (SSSR count). The second-order valence-corrected chi connectivity index (χ2v) is 10.1. The number of aliphatic hydroxyl groups excluding tert-OH is 1. The maximum atomic E-state index is 11.7. The fourth-order valence-corrected chi connectivity index (χ4v) is 4.82. The Kier molecular flexibility index (Phi) is 7.70. The van der Waals surface area contributed by atoms with Crippen molar-refractivity contribution in [2.24, 2.45) is 11.7 Å². The van der Waals surface area contributed by atoms with E-state index in [2.05, 4.69) is 29.8 Å². The van der Waals surface area contributed by atoms with E-state index in [-0.39, 0.29) is 6.61 Å². The van der Waals surface area contributed by atoms with Gasteiger partial charge in [0.2, 0.25) is 0 Å². The number of nitrogens with two attached hydrogens (primary N) is 1. The number of carbonyl (C=O) groups is 1. The number of aliphatic hydroxyl groups is 1. The second-order valence-electron chi connectivity index (χ2n) is 10.1. The molecule has 0 saturated carbocycles. The van der Waals surface area contributed by atoms with E-state index in [9.17, 15) is 9.90 Å². The van der Waals surface area contributed by atoms with Crippen LogP contribution in [0.15, 0.2) is 91.0 Å². The van der Waals surface area contributed by atoms with Crippen LogP contribution in [0.5, 0.6) is 17.2 Å². The predicted octanol–water partition coefficient (Wildman–Crippen LogP) is 6.11. The van der Waals surface area contributed by atoms with Crippen LogP contribution in [0.1, 0.15) is 24.2 Å². The summed E-state index contributed by atoms with van der Waals surface area (Å²) in [4.78, 5) is 17.3. The normalized spacial score (nSPS) is 12.1. The molecule has 4 N–H and O–H groups in total. The van der Waals surface area contributed by atoms with E-state index in [1.165, 1.54) is 0 Å². The number of hydrogen-bond donors (Lipinski definition) is 3. The number of ether oxygens (including phenoxy) is 2. The van der Waals surface area contributed by atoms with Crippen LogP contribution < -0.4 is 20.1 Å². The lowest BCUT2D eigenvalue weighted by atomic mass is 10.1. The molecule has 0 aliphatic rings. The van der Waals surface area contributed by atoms with E-state index >= 15 is 0 Å². The van der Waals surface area contributed by atoms with Crippen LogP contribution in [0.2, 0.25) is 0 Å². The first-order chi connectivity index (χ1) is 18.9. The van der Waals surface area contributed by atoms with Crippen LogP contribution in [0.3, 0.4) is 0 Å². The number of nitrogens with zero attached hydrogens (tertiary/aromatic N) is 1. The van der Waals surface area contributed by atoms with E-state index in [4.69, 9.17) is 15.2 Å². The monoisotopic (exact) mass is 523 g/mol. The summed E-state index contributed by atoms with van der Waals surface area (Å²) < 4.78 is 12.1. The third-order valence-corrected chi connectivity index (χ3v) is 6.52. The van der Waals surface area contributed by atoms with Gasteiger partial charge in [-0.3, -0.25) is 4.79 Å². The predicted molar refractivity (Wildman–Crippen MR) is 156 cm³/mol. The Hall–Kier alpha value is -4.49. The number of carbonyl (C=O) groups excluding carboxylic acids is 1. The number of hydrogen-bond acceptors (Lipinski definition) is 5. The van der Waals surface area contributed by atoms with Gasteiger partial charge in [-0.05, 0) is 60.5 Å². The molecule has 0 aliphatic heterocycles. The first-order valence-corrected chi connectivity index (χ1v) is 13.1. The van der Waals surface area contributed by atoms with Crippen LogP contribution >= 0.6 is 0 Å². The molecular weight excluding hydrogens is 490 g/mol. The highest BCUT2D eigenvalue weighted by Crippen LogP contribution is 2.33. The van der Waals surface area contributed by atoms with Gasteiger partial charge in [-0.1, -0.05) is 50.2 Å². The molecule has 7 nitrogen and oxygen atoms in total. The smallest absolute Gasteiger partial charge is 0.252 e. The Morgan fingerprint density at radius 2 is 1.56 bits per heavy atom. The van der Waals surface area contributed by atoms with E-state index in [1.54, 1.807) is 24.3 Å². The van der Waals surface area contributed by atoms with Crippen LogP contribution in [-0.2, 0) is 0 Å². The Morgan fingerprint density at radius 3 is 2.33 bits per heavy atom. The highest BCUT2D eigenvalue weighted by atomic mass is 16.5. The van der Waals surface area contributed by atoms with Gasteiger partial charge < -0.3 is 30.2 Å². The van der Waals surface area contributed by atoms with Crippen molar-refractivity contribution in [1.29, 1.82) is 0 Å². The quantitative estimate of drug-likeness (QED) is 0.194. The fourth-order valence-electron chi connectivity index (χ4n) is 4.82. The van der Waals surface area contributed by atoms with Crippen molar-refractivity contribution in [1.82, 2.24) is 4.98 Å². The van der Waals surface area contributed by atoms with Gasteiger partial charge in [0, 0.05) is 35.1 Å². The summed E-state index contributed by atoms with van der Waals surface area (Å²) >= 11 is 0. The van der Waals surface area contributed by atoms with Crippen LogP contribution in [0.25, 0.3) is 21.8 Å². The van der Waals surface area contributed by atoms with Crippen LogP contribution in [0, 0.1) is 5.92 Å². The third-order valence-electron chi connectivity index (χ3n) is 6.52. The van der Waals surface area contributed by atoms with Crippen molar-refractivity contribution >= 4 is 33.4 Å². The molecule has 0 aliphatic carbocycles. The third kappa shape index (κ3) is 5.99. The van der Waals surface area contributed by atoms with Gasteiger partial charge in [0.25, 0.3) is 5.91 Å². The number of rotatable bonds is 11. The summed E-state index contributed by atoms with van der Waals surface area (Å²) in [6.45, 7) is 5.63. The van der Waals surface area contributed by atoms with Gasteiger partial charge in [0.1, 0.15) is 30.0 Å². The van der Waals surface area contributed by atoms with Crippen molar-refractivity contribution in [3.8, 4) is 17.2 Å². The molecule has 4 aromatic carbocycles. The first-order valence-electron chi connectivity index (χ1n) is 13.1. The van der Waals surface area contributed by atoms with Gasteiger partial charge in [0.05, 0.1) is 11.1 Å². The number of benzene rings is 4. The van der Waals surface area contributed by atoms with E-state index in [1.807, 2.05) is 60.7 Å². The fraction of sp³-hybridized carbons (Fsp3) is 0.219. The molecule has 1 aromatic heterocycles. The van der Waals surface area contributed by atoms with Crippen molar-refractivity contribution in [3.05, 3.63) is 96.6 Å². The lowest BCUT2D eigenvalue weighted by Crippen LogP contribution is -2.37. The number of fused-ring (bicyclic) bond motifs is 3. The second kappa shape index (κ2) is 11.5. The molecule has 1 atom stereocenters. The largest absolute Gasteiger partial charge is 0.490 e. The van der Waals surface area contributed by atoms with E-state index < -0.39 is 12.0 Å². The molecule has 0 radical (unpaired) electrons. The zero-order valence-corrected chi connectivity index (χ0v) is 22.1. The number of H-pyrrole nitrogens is 1. The number of nitrogens with one attached hydrogen (secondary N) is 1. The standard InChI is InChI=1S/C32H33N3O4/c1-21(2)18-35(22-14-16-24(17-15-22)39-29-12-6-4-9-26(29)32(33)37)19-23(36)20-38-30-13-7-11-28-31(30)25-8-3-5-10-27(25)34-28/h3-17,21,23,34,36H,18-20H2,1-2H3,(H2,33,37)/t23-/m0/s1. The molecule has 0 fully saturated rings. The van der Waals surface area contributed by atoms with E-state index in [0.29, 0.717) is 29.5 Å². The first kappa shape index (κ1) is 26.1. The SMILES string of the molecule is CC(C)CN(C[C@H](O)COc1cccc2[nH]c3ccccc3c12)c1ccc(Oc2ccccc2C(N)=O)cc1. The molecule has 1 heterocycles. The maximum Gasteiger partial charge on any atom is 0.252 e. The lowest BCUT2D eigenvalue weighted by Gasteiger charge is -2.29. The maximum absolute atomic E-state index is 11.7. The summed E-state index contributed by atoms with van der Waals surface area (Å²) in [7, 11) is 0. The molecule has 39 heavy (non-hydrogen) atoms. The number of primary amides is 1. The highest BCUT2D eigenvalue weighted by molar-refractivity contribution is 6.10. The topological polar surface area (TPSA) is 101 Å². The number of amides is 1. The summed E-state index contributed by atoms with van der Waals surface area (Å²) in [6, 6.07) is 28.5. The van der Waals surface area contributed by atoms with Gasteiger partial charge in [-0.2, -0.15) is 0 Å². The van der Waals surface area contributed by atoms with Crippen molar-refractivity contribution in [2.45, 2.75) is 20.0 Å². The molecule has 5 aromatic rings. The van der Waals surface area contributed by atoms with E-state index in [0.717, 1.165) is 39.8 Å². The lowest BCUT2D eigenvalue weighted by molar-refractivity contribution is 0.0998. The minimum absolute atomic E-state index is 0.165. The highest BCUT2D eigenvalue weighted by Gasteiger charge is 2.17. The number of aromatic nitrogens is 1. The molecular formula is C32H33N3O4. The van der Waals surface area contributed by atoms with Gasteiger partial charge >= 0.3 is 0 Å². The summed E-state index contributed by atoms with van der Waals surface area (Å²) in [5.41, 5.74) is 8.81. The molecule has 0 bridgehead atoms. The zero-order chi connectivity index (χ0) is 27.4. The van der Waals surface area contributed by atoms with Gasteiger partial charge in [0.15, 0.2) is 0 Å². The Bertz CT molecular complexity index is 1580. The van der Waals surface area contributed by atoms with Crippen LogP contribution in [-0.4, -0.2) is 41.8 Å². The van der Waals surface area contributed by atoms with Gasteiger partial charge in [-0.25, -0.2) is 0 Å². The molecule has 1 amide bonds. The zero-order valence-electron chi connectivity index (χ0n) is 22.1. The number of para-hydroxylation sites is 2. The molecule has 0 spiro atoms. The summed E-state index contributed by atoms with van der Waals surface area (Å²) in [5.74, 6) is 1.60. The average Bonchev–Trinajstić information content (AvgIpc) is 3.31. The molecule has 0 saturated heterocycles. The summed E-state index contributed by atoms with van der Waals surface area (Å²) in [6.07, 6.45) is -0.706. The Morgan fingerprint density at radius 1 is 0.872 bits per heavy atom. The molecule has 7 heteroatoms. The van der Waals surface area contributed by atoms with Crippen molar-refractivity contribution < 1.29 is 19.4 Å². The molecule has 0 unspecified atom stereocenters. The number of aromatic amines is 1. The average molecular weight is 524 g/mol. The van der Waals surface area contributed by atoms with Crippen molar-refractivity contribution in [3.63, 3.8) is 0 Å². The van der Waals surface area contributed by atoms with Gasteiger partial charge in [-0.15, -0.1) is 0 Å². The number of anilines is 1. The molecule has 200 valence electrons.